The van der Waals surface area contributed by atoms with Crippen molar-refractivity contribution in [2.45, 2.75) is 70.1 Å². The second-order valence-electron chi connectivity index (χ2n) is 12.8. The topological polar surface area (TPSA) is 74.5 Å². The Morgan fingerprint density at radius 3 is 2.57 bits per heavy atom. The maximum atomic E-state index is 14.5. The third kappa shape index (κ3) is 5.13. The number of likely N-dealkylation sites (tertiary alicyclic amines) is 1. The molecule has 1 amide bonds. The van der Waals surface area contributed by atoms with Crippen molar-refractivity contribution >= 4 is 11.6 Å². The largest absolute Gasteiger partial charge is 0.416 e. The van der Waals surface area contributed by atoms with E-state index in [4.69, 9.17) is 0 Å². The standard InChI is InChI=1S/C32H38F3N5O2/c1-20-6-5-9-39(16-20)28(18-41)22-10-25-26(27(11-22)32(33,34)35)17-40(30(25)42)24-8-4-7-23(12-24)31(13-21(2)14-31)15-29-37-36-19-38(29)3/h4,7-8,10-12,19-21,28,41H,5-6,9,13-18H2,1-3H3/t20-,21?,28?,31?/m0/s1. The summed E-state index contributed by atoms with van der Waals surface area (Å²) in [5.41, 5.74) is 1.08. The van der Waals surface area contributed by atoms with Crippen molar-refractivity contribution in [3.05, 3.63) is 76.4 Å². The SMILES string of the molecule is CC1CC(Cc2nncn2C)(c2cccc(N3Cc4c(cc(C(CO)N5CCC[C@H](C)C5)cc4C(F)(F)F)C3=O)c2)C1. The van der Waals surface area contributed by atoms with E-state index in [0.29, 0.717) is 42.6 Å². The van der Waals surface area contributed by atoms with Crippen LogP contribution >= 0.6 is 0 Å². The first-order valence-corrected chi connectivity index (χ1v) is 14.8. The number of aryl methyl sites for hydroxylation is 1. The second-order valence-corrected chi connectivity index (χ2v) is 12.8. The van der Waals surface area contributed by atoms with Crippen LogP contribution in [-0.4, -0.2) is 50.4 Å². The fourth-order valence-electron chi connectivity index (χ4n) is 7.56. The Hall–Kier alpha value is -3.24. The predicted molar refractivity (Wildman–Crippen MR) is 153 cm³/mol. The molecular weight excluding hydrogens is 543 g/mol. The molecule has 0 radical (unpaired) electrons. The number of piperidine rings is 1. The lowest BCUT2D eigenvalue weighted by Crippen LogP contribution is -2.42. The number of amides is 1. The van der Waals surface area contributed by atoms with Crippen molar-refractivity contribution < 1.29 is 23.1 Å². The van der Waals surface area contributed by atoms with Gasteiger partial charge in [-0.05, 0) is 85.0 Å². The number of aromatic nitrogens is 3. The molecule has 1 saturated carbocycles. The zero-order valence-electron chi connectivity index (χ0n) is 24.4. The molecule has 1 aliphatic carbocycles. The number of alkyl halides is 3. The van der Waals surface area contributed by atoms with Crippen molar-refractivity contribution in [1.82, 2.24) is 19.7 Å². The molecule has 6 rings (SSSR count). The van der Waals surface area contributed by atoms with Crippen LogP contribution in [0.3, 0.4) is 0 Å². The van der Waals surface area contributed by atoms with Crippen molar-refractivity contribution in [2.75, 3.05) is 24.6 Å². The van der Waals surface area contributed by atoms with Crippen molar-refractivity contribution in [2.24, 2.45) is 18.9 Å². The van der Waals surface area contributed by atoms with Gasteiger partial charge in [-0.25, -0.2) is 0 Å². The van der Waals surface area contributed by atoms with Crippen molar-refractivity contribution in [3.8, 4) is 0 Å². The third-order valence-electron chi connectivity index (χ3n) is 9.61. The van der Waals surface area contributed by atoms with Gasteiger partial charge < -0.3 is 14.6 Å². The van der Waals surface area contributed by atoms with E-state index in [1.165, 1.54) is 4.90 Å². The minimum Gasteiger partial charge on any atom is -0.394 e. The number of benzene rings is 2. The number of carbonyl (C=O) groups excluding carboxylic acids is 1. The van der Waals surface area contributed by atoms with Crippen molar-refractivity contribution in [1.29, 1.82) is 0 Å². The number of halogens is 3. The summed E-state index contributed by atoms with van der Waals surface area (Å²) in [5.74, 6) is 1.36. The lowest BCUT2D eigenvalue weighted by Gasteiger charge is -2.47. The molecule has 1 unspecified atom stereocenters. The summed E-state index contributed by atoms with van der Waals surface area (Å²) >= 11 is 0. The van der Waals surface area contributed by atoms with Crippen LogP contribution in [0.1, 0.15) is 84.0 Å². The van der Waals surface area contributed by atoms with Gasteiger partial charge in [-0.15, -0.1) is 10.2 Å². The fraction of sp³-hybridized carbons (Fsp3) is 0.531. The van der Waals surface area contributed by atoms with Gasteiger partial charge in [-0.1, -0.05) is 26.0 Å². The lowest BCUT2D eigenvalue weighted by molar-refractivity contribution is -0.138. The second kappa shape index (κ2) is 10.8. The Morgan fingerprint density at radius 2 is 1.93 bits per heavy atom. The number of carbonyl (C=O) groups is 1. The van der Waals surface area contributed by atoms with E-state index in [1.54, 1.807) is 18.5 Å². The molecular formula is C32H38F3N5O2. The van der Waals surface area contributed by atoms with E-state index in [0.717, 1.165) is 43.1 Å². The summed E-state index contributed by atoms with van der Waals surface area (Å²) < 4.78 is 45.3. The minimum atomic E-state index is -4.63. The van der Waals surface area contributed by atoms with E-state index >= 15 is 0 Å². The molecule has 2 aliphatic heterocycles. The zero-order valence-corrected chi connectivity index (χ0v) is 24.4. The van der Waals surface area contributed by atoms with Crippen LogP contribution in [0.5, 0.6) is 0 Å². The van der Waals surface area contributed by atoms with E-state index in [2.05, 4.69) is 24.0 Å². The normalized spacial score (nSPS) is 25.4. The molecule has 1 aromatic heterocycles. The summed E-state index contributed by atoms with van der Waals surface area (Å²) in [5, 5.41) is 18.6. The van der Waals surface area contributed by atoms with Gasteiger partial charge >= 0.3 is 6.18 Å². The number of aliphatic hydroxyl groups is 1. The summed E-state index contributed by atoms with van der Waals surface area (Å²) in [6, 6.07) is 9.84. The van der Waals surface area contributed by atoms with Gasteiger partial charge in [-0.2, -0.15) is 13.2 Å². The number of fused-ring (bicyclic) bond motifs is 1. The molecule has 3 aromatic rings. The van der Waals surface area contributed by atoms with E-state index in [1.807, 2.05) is 34.7 Å². The number of aliphatic hydroxyl groups excluding tert-OH is 1. The minimum absolute atomic E-state index is 0.00332. The fourth-order valence-corrected chi connectivity index (χ4v) is 7.56. The van der Waals surface area contributed by atoms with Crippen LogP contribution in [0, 0.1) is 11.8 Å². The lowest BCUT2D eigenvalue weighted by atomic mass is 9.57. The van der Waals surface area contributed by atoms with Crippen LogP contribution in [0.25, 0.3) is 0 Å². The molecule has 1 N–H and O–H groups in total. The molecule has 0 spiro atoms. The smallest absolute Gasteiger partial charge is 0.394 e. The Bertz CT molecular complexity index is 1480. The first-order valence-electron chi connectivity index (χ1n) is 14.8. The Kier molecular flexibility index (Phi) is 7.42. The molecule has 10 heteroatoms. The van der Waals surface area contributed by atoms with Gasteiger partial charge in [0.1, 0.15) is 12.2 Å². The van der Waals surface area contributed by atoms with Gasteiger partial charge in [0.15, 0.2) is 0 Å². The molecule has 2 fully saturated rings. The summed E-state index contributed by atoms with van der Waals surface area (Å²) in [6.45, 7) is 5.26. The van der Waals surface area contributed by atoms with Crippen molar-refractivity contribution in [3.63, 3.8) is 0 Å². The average Bonchev–Trinajstić information content (AvgIpc) is 3.49. The maximum Gasteiger partial charge on any atom is 0.416 e. The van der Waals surface area contributed by atoms with Gasteiger partial charge in [0.2, 0.25) is 0 Å². The highest BCUT2D eigenvalue weighted by atomic mass is 19.4. The van der Waals surface area contributed by atoms with Crippen LogP contribution in [0.2, 0.25) is 0 Å². The van der Waals surface area contributed by atoms with Crippen LogP contribution in [-0.2, 0) is 31.6 Å². The first-order chi connectivity index (χ1) is 20.0. The van der Waals surface area contributed by atoms with Gasteiger partial charge in [0, 0.05) is 36.7 Å². The van der Waals surface area contributed by atoms with E-state index in [9.17, 15) is 23.1 Å². The highest BCUT2D eigenvalue weighted by molar-refractivity contribution is 6.10. The zero-order chi connectivity index (χ0) is 29.8. The number of hydrogen-bond acceptors (Lipinski definition) is 5. The molecule has 3 aliphatic rings. The highest BCUT2D eigenvalue weighted by Gasteiger charge is 2.45. The Morgan fingerprint density at radius 1 is 1.14 bits per heavy atom. The van der Waals surface area contributed by atoms with Gasteiger partial charge in [0.05, 0.1) is 24.8 Å². The molecule has 1 saturated heterocycles. The summed E-state index contributed by atoms with van der Waals surface area (Å²) in [7, 11) is 1.92. The summed E-state index contributed by atoms with van der Waals surface area (Å²) in [6.07, 6.45) is 1.64. The van der Waals surface area contributed by atoms with Crippen LogP contribution in [0.4, 0.5) is 18.9 Å². The molecule has 2 aromatic carbocycles. The molecule has 224 valence electrons. The van der Waals surface area contributed by atoms with Gasteiger partial charge in [0.25, 0.3) is 5.91 Å². The molecule has 2 atom stereocenters. The number of anilines is 1. The third-order valence-corrected chi connectivity index (χ3v) is 9.61. The first kappa shape index (κ1) is 28.9. The monoisotopic (exact) mass is 581 g/mol. The number of rotatable bonds is 7. The predicted octanol–water partition coefficient (Wildman–Crippen LogP) is 5.67. The Labute approximate surface area is 244 Å². The average molecular weight is 582 g/mol. The summed E-state index contributed by atoms with van der Waals surface area (Å²) in [4.78, 5) is 17.3. The van der Waals surface area contributed by atoms with Gasteiger partial charge in [-0.3, -0.25) is 9.69 Å². The molecule has 7 nitrogen and oxygen atoms in total. The molecule has 0 bridgehead atoms. The van der Waals surface area contributed by atoms with E-state index < -0.39 is 23.7 Å². The number of hydrogen-bond donors (Lipinski definition) is 1. The van der Waals surface area contributed by atoms with Crippen LogP contribution in [0.15, 0.2) is 42.7 Å². The Balaban J connectivity index is 1.35. The van der Waals surface area contributed by atoms with Crippen LogP contribution < -0.4 is 4.90 Å². The van der Waals surface area contributed by atoms with E-state index in [-0.39, 0.29) is 29.7 Å². The molecule has 42 heavy (non-hydrogen) atoms. The molecule has 3 heterocycles. The quantitative estimate of drug-likeness (QED) is 0.389. The number of nitrogens with zero attached hydrogens (tertiary/aromatic N) is 5. The highest BCUT2D eigenvalue weighted by Crippen LogP contribution is 2.50. The maximum absolute atomic E-state index is 14.5.